The quantitative estimate of drug-likeness (QED) is 0.308. The summed E-state index contributed by atoms with van der Waals surface area (Å²) < 4.78 is 0. The van der Waals surface area contributed by atoms with Gasteiger partial charge in [0, 0.05) is 0 Å². The van der Waals surface area contributed by atoms with Gasteiger partial charge < -0.3 is 0 Å². The van der Waals surface area contributed by atoms with Crippen LogP contribution in [0.2, 0.25) is 0 Å². The molecule has 1 amide bonds. The molecule has 2 saturated heterocycles. The van der Waals surface area contributed by atoms with Crippen LogP contribution in [0.1, 0.15) is 0 Å². The summed E-state index contributed by atoms with van der Waals surface area (Å²) in [7, 11) is 0. The van der Waals surface area contributed by atoms with Gasteiger partial charge in [0.15, 0.2) is 6.29 Å². The molecule has 3 atom stereocenters. The van der Waals surface area contributed by atoms with Gasteiger partial charge in [0.25, 0.3) is 0 Å². The third kappa shape index (κ3) is 1.77. The first-order chi connectivity index (χ1) is 7.13. The van der Waals surface area contributed by atoms with Crippen molar-refractivity contribution in [2.24, 2.45) is 0 Å². The van der Waals surface area contributed by atoms with Crippen molar-refractivity contribution in [3.8, 4) is 0 Å². The molecular weight excluding hydrogens is 224 g/mol. The Kier molecular flexibility index (Phi) is 2.75. The average molecular weight is 234 g/mol. The van der Waals surface area contributed by atoms with Crippen molar-refractivity contribution in [1.82, 2.24) is 26.6 Å². The zero-order valence-corrected chi connectivity index (χ0v) is 8.58. The SMILES string of the molecule is CSC1NC2NNC([N+](=O)[O-])C(=O)N2N1. The molecule has 3 unspecified atom stereocenters. The van der Waals surface area contributed by atoms with Crippen molar-refractivity contribution < 1.29 is 9.72 Å². The number of carbonyl (C=O) groups excluding carboxylic acids is 1. The average Bonchev–Trinajstić information content (AvgIpc) is 2.61. The number of nitro groups is 1. The van der Waals surface area contributed by atoms with Crippen LogP contribution in [0.3, 0.4) is 0 Å². The van der Waals surface area contributed by atoms with E-state index < -0.39 is 23.3 Å². The van der Waals surface area contributed by atoms with E-state index >= 15 is 0 Å². The summed E-state index contributed by atoms with van der Waals surface area (Å²) in [5, 5.41) is 14.7. The Bertz CT molecular complexity index is 300. The van der Waals surface area contributed by atoms with Gasteiger partial charge in [-0.05, 0) is 6.26 Å². The topological polar surface area (TPSA) is 112 Å². The molecule has 9 nitrogen and oxygen atoms in total. The van der Waals surface area contributed by atoms with Gasteiger partial charge in [-0.2, -0.15) is 5.43 Å². The Morgan fingerprint density at radius 2 is 2.27 bits per heavy atom. The maximum Gasteiger partial charge on any atom is 0.357 e. The maximum atomic E-state index is 11.6. The van der Waals surface area contributed by atoms with Gasteiger partial charge in [0.2, 0.25) is 0 Å². The molecule has 0 aromatic carbocycles. The summed E-state index contributed by atoms with van der Waals surface area (Å²) in [4.78, 5) is 21.4. The highest BCUT2D eigenvalue weighted by Crippen LogP contribution is 2.13. The molecule has 0 radical (unpaired) electrons. The zero-order valence-electron chi connectivity index (χ0n) is 7.76. The summed E-state index contributed by atoms with van der Waals surface area (Å²) in [6, 6.07) is 0. The first-order valence-corrected chi connectivity index (χ1v) is 5.45. The number of fused-ring (bicyclic) bond motifs is 1. The Hall–Kier alpha value is -0.940. The van der Waals surface area contributed by atoms with E-state index in [2.05, 4.69) is 21.6 Å². The van der Waals surface area contributed by atoms with Crippen molar-refractivity contribution in [2.75, 3.05) is 6.26 Å². The molecule has 2 heterocycles. The van der Waals surface area contributed by atoms with Crippen LogP contribution in [0.15, 0.2) is 0 Å². The van der Waals surface area contributed by atoms with E-state index in [4.69, 9.17) is 0 Å². The van der Waals surface area contributed by atoms with E-state index in [9.17, 15) is 14.9 Å². The van der Waals surface area contributed by atoms with Crippen LogP contribution in [-0.4, -0.2) is 40.0 Å². The van der Waals surface area contributed by atoms with Crippen molar-refractivity contribution in [2.45, 2.75) is 18.0 Å². The Labute approximate surface area is 89.0 Å². The van der Waals surface area contributed by atoms with Crippen LogP contribution in [0, 0.1) is 10.1 Å². The molecule has 2 fully saturated rings. The number of hydrogen-bond acceptors (Lipinski definition) is 8. The Morgan fingerprint density at radius 3 is 2.87 bits per heavy atom. The van der Waals surface area contributed by atoms with Crippen LogP contribution in [0.4, 0.5) is 0 Å². The lowest BCUT2D eigenvalue weighted by atomic mass is 10.4. The molecule has 0 saturated carbocycles. The molecule has 2 aliphatic heterocycles. The Balaban J connectivity index is 2.09. The van der Waals surface area contributed by atoms with E-state index in [1.807, 2.05) is 6.26 Å². The number of amides is 1. The van der Waals surface area contributed by atoms with Crippen LogP contribution in [0.25, 0.3) is 0 Å². The van der Waals surface area contributed by atoms with Gasteiger partial charge in [-0.15, -0.1) is 11.8 Å². The summed E-state index contributed by atoms with van der Waals surface area (Å²) in [5.41, 5.74) is 7.63. The number of thioether (sulfide) groups is 1. The van der Waals surface area contributed by atoms with Crippen LogP contribution >= 0.6 is 11.8 Å². The molecule has 15 heavy (non-hydrogen) atoms. The monoisotopic (exact) mass is 234 g/mol. The van der Waals surface area contributed by atoms with E-state index in [0.717, 1.165) is 0 Å². The van der Waals surface area contributed by atoms with Gasteiger partial charge in [0.1, 0.15) is 5.50 Å². The van der Waals surface area contributed by atoms with Crippen LogP contribution in [-0.2, 0) is 4.79 Å². The summed E-state index contributed by atoms with van der Waals surface area (Å²) in [5.74, 6) is -0.618. The number of nitrogens with one attached hydrogen (secondary N) is 4. The highest BCUT2D eigenvalue weighted by molar-refractivity contribution is 7.99. The van der Waals surface area contributed by atoms with Gasteiger partial charge in [0.05, 0.1) is 4.92 Å². The first kappa shape index (κ1) is 10.6. The molecule has 0 aliphatic carbocycles. The van der Waals surface area contributed by atoms with Gasteiger partial charge >= 0.3 is 12.1 Å². The standard InChI is InChI=1S/C5H10N6O3S/c1-15-5-6-4-8-7-2(11(13)14)3(12)10(4)9-5/h2,4-9H,1H3. The van der Waals surface area contributed by atoms with Gasteiger partial charge in [-0.25, -0.2) is 15.9 Å². The number of carbonyl (C=O) groups is 1. The molecule has 2 aliphatic rings. The lowest BCUT2D eigenvalue weighted by Gasteiger charge is -2.30. The van der Waals surface area contributed by atoms with E-state index in [-0.39, 0.29) is 5.50 Å². The molecule has 10 heteroatoms. The van der Waals surface area contributed by atoms with E-state index in [0.29, 0.717) is 0 Å². The Morgan fingerprint density at radius 1 is 1.53 bits per heavy atom. The highest BCUT2D eigenvalue weighted by Gasteiger charge is 2.46. The minimum atomic E-state index is -1.45. The predicted molar refractivity (Wildman–Crippen MR) is 51.3 cm³/mol. The molecule has 0 spiro atoms. The molecule has 0 aromatic rings. The van der Waals surface area contributed by atoms with Gasteiger partial charge in [-0.1, -0.05) is 0 Å². The normalized spacial score (nSPS) is 35.4. The first-order valence-electron chi connectivity index (χ1n) is 4.16. The fraction of sp³-hybridized carbons (Fsp3) is 0.800. The fourth-order valence-electron chi connectivity index (χ4n) is 1.37. The second kappa shape index (κ2) is 3.90. The zero-order chi connectivity index (χ0) is 11.0. The number of rotatable bonds is 2. The molecule has 4 N–H and O–H groups in total. The molecule has 2 rings (SSSR count). The number of nitrogens with zero attached hydrogens (tertiary/aromatic N) is 2. The van der Waals surface area contributed by atoms with E-state index in [1.165, 1.54) is 16.8 Å². The third-order valence-electron chi connectivity index (χ3n) is 2.10. The minimum Gasteiger partial charge on any atom is -0.263 e. The van der Waals surface area contributed by atoms with Crippen LogP contribution < -0.4 is 21.6 Å². The molecule has 0 bridgehead atoms. The predicted octanol–water partition coefficient (Wildman–Crippen LogP) is -2.44. The third-order valence-corrected chi connectivity index (χ3v) is 2.81. The van der Waals surface area contributed by atoms with Crippen LogP contribution in [0.5, 0.6) is 0 Å². The number of hydrazine groups is 2. The highest BCUT2D eigenvalue weighted by atomic mass is 32.2. The molecule has 0 aromatic heterocycles. The largest absolute Gasteiger partial charge is 0.357 e. The molecule has 84 valence electrons. The van der Waals surface area contributed by atoms with Crippen molar-refractivity contribution in [3.05, 3.63) is 10.1 Å². The van der Waals surface area contributed by atoms with Crippen molar-refractivity contribution in [3.63, 3.8) is 0 Å². The second-order valence-corrected chi connectivity index (χ2v) is 3.94. The molecular formula is C5H10N6O3S. The minimum absolute atomic E-state index is 0.140. The lowest BCUT2D eigenvalue weighted by molar-refractivity contribution is -0.520. The summed E-state index contributed by atoms with van der Waals surface area (Å²) >= 11 is 1.46. The second-order valence-electron chi connectivity index (χ2n) is 3.00. The summed E-state index contributed by atoms with van der Waals surface area (Å²) in [6.45, 7) is 0. The fourth-order valence-corrected chi connectivity index (χ4v) is 1.85. The van der Waals surface area contributed by atoms with Crippen molar-refractivity contribution in [1.29, 1.82) is 0 Å². The maximum absolute atomic E-state index is 11.6. The summed E-state index contributed by atoms with van der Waals surface area (Å²) in [6.07, 6.45) is -0.0613. The van der Waals surface area contributed by atoms with E-state index in [1.54, 1.807) is 0 Å². The van der Waals surface area contributed by atoms with Gasteiger partial charge in [-0.3, -0.25) is 20.2 Å². The smallest absolute Gasteiger partial charge is 0.263 e. The number of hydrogen-bond donors (Lipinski definition) is 4. The van der Waals surface area contributed by atoms with Crippen molar-refractivity contribution >= 4 is 17.7 Å². The lowest BCUT2D eigenvalue weighted by Crippen LogP contribution is -2.70.